The highest BCUT2D eigenvalue weighted by Gasteiger charge is 2.21. The number of ether oxygens (including phenoxy) is 2. The molecular formula is C39H41IO4. The standard InChI is InChI=1S/C39H41IO4/c1-26(2)36(41)43-34-18-14-30(22-38(5,6)24-34)10-8-28-12-16-33-21-29(13-17-32(33)20-28)9-11-31-15-19-35(25-39(7,40)23-31)44-37(42)27(3)4/h12-25H,1,3,8-11H2,2,4-7H3. The molecule has 0 bridgehead atoms. The number of halogens is 1. The Morgan fingerprint density at radius 3 is 1.59 bits per heavy atom. The van der Waals surface area contributed by atoms with Gasteiger partial charge < -0.3 is 9.47 Å². The second-order valence-electron chi connectivity index (χ2n) is 12.5. The van der Waals surface area contributed by atoms with Crippen LogP contribution in [-0.4, -0.2) is 15.4 Å². The van der Waals surface area contributed by atoms with Gasteiger partial charge in [0, 0.05) is 16.6 Å². The molecular weight excluding hydrogens is 659 g/mol. The summed E-state index contributed by atoms with van der Waals surface area (Å²) in [5.74, 6) is 0.281. The maximum absolute atomic E-state index is 12.0. The first kappa shape index (κ1) is 33.2. The van der Waals surface area contributed by atoms with Crippen molar-refractivity contribution in [1.29, 1.82) is 0 Å². The van der Waals surface area contributed by atoms with Crippen LogP contribution in [0, 0.1) is 5.41 Å². The maximum Gasteiger partial charge on any atom is 0.338 e. The number of allylic oxidation sites excluding steroid dienone is 10. The van der Waals surface area contributed by atoms with Crippen LogP contribution < -0.4 is 0 Å². The van der Waals surface area contributed by atoms with E-state index in [4.69, 9.17) is 9.47 Å². The Bertz CT molecular complexity index is 1560. The molecule has 2 aromatic rings. The monoisotopic (exact) mass is 700 g/mol. The minimum absolute atomic E-state index is 0.239. The lowest BCUT2D eigenvalue weighted by molar-refractivity contribution is -0.135. The predicted octanol–water partition coefficient (Wildman–Crippen LogP) is 9.92. The number of carbonyl (C=O) groups is 2. The first-order chi connectivity index (χ1) is 20.7. The number of esters is 2. The molecule has 2 aliphatic carbocycles. The van der Waals surface area contributed by atoms with Gasteiger partial charge in [0.2, 0.25) is 0 Å². The van der Waals surface area contributed by atoms with Gasteiger partial charge in [-0.05, 0) is 98.2 Å². The Hall–Kier alpha value is -3.71. The number of hydrogen-bond acceptors (Lipinski definition) is 4. The molecule has 0 heterocycles. The van der Waals surface area contributed by atoms with Crippen molar-refractivity contribution in [2.75, 3.05) is 0 Å². The van der Waals surface area contributed by atoms with E-state index in [9.17, 15) is 9.59 Å². The third-order valence-corrected chi connectivity index (χ3v) is 8.00. The van der Waals surface area contributed by atoms with Crippen molar-refractivity contribution < 1.29 is 19.1 Å². The molecule has 0 saturated carbocycles. The summed E-state index contributed by atoms with van der Waals surface area (Å²) in [5.41, 5.74) is 5.51. The average molecular weight is 701 g/mol. The van der Waals surface area contributed by atoms with Crippen LogP contribution in [0.1, 0.15) is 58.6 Å². The fourth-order valence-corrected chi connectivity index (χ4v) is 5.91. The molecule has 0 fully saturated rings. The first-order valence-electron chi connectivity index (χ1n) is 14.9. The average Bonchev–Trinajstić information content (AvgIpc) is 3.18. The van der Waals surface area contributed by atoms with E-state index >= 15 is 0 Å². The minimum atomic E-state index is -0.409. The molecule has 0 spiro atoms. The van der Waals surface area contributed by atoms with Crippen molar-refractivity contribution in [2.45, 2.75) is 63.7 Å². The Balaban J connectivity index is 1.38. The molecule has 0 saturated heterocycles. The lowest BCUT2D eigenvalue weighted by Crippen LogP contribution is -2.11. The molecule has 44 heavy (non-hydrogen) atoms. The van der Waals surface area contributed by atoms with Gasteiger partial charge in [0.25, 0.3) is 0 Å². The predicted molar refractivity (Wildman–Crippen MR) is 189 cm³/mol. The van der Waals surface area contributed by atoms with Crippen molar-refractivity contribution in [1.82, 2.24) is 0 Å². The number of hydrogen-bond donors (Lipinski definition) is 0. The van der Waals surface area contributed by atoms with Gasteiger partial charge in [-0.3, -0.25) is 0 Å². The zero-order valence-electron chi connectivity index (χ0n) is 26.3. The zero-order chi connectivity index (χ0) is 32.1. The van der Waals surface area contributed by atoms with Crippen LogP contribution in [0.3, 0.4) is 0 Å². The summed E-state index contributed by atoms with van der Waals surface area (Å²) in [4.78, 5) is 24.0. The molecule has 0 amide bonds. The van der Waals surface area contributed by atoms with Gasteiger partial charge in [-0.15, -0.1) is 0 Å². The molecule has 2 aromatic carbocycles. The molecule has 1 atom stereocenters. The molecule has 4 rings (SSSR count). The Labute approximate surface area is 275 Å². The van der Waals surface area contributed by atoms with E-state index < -0.39 is 11.9 Å². The molecule has 5 heteroatoms. The topological polar surface area (TPSA) is 52.6 Å². The second-order valence-corrected chi connectivity index (χ2v) is 14.9. The van der Waals surface area contributed by atoms with Crippen LogP contribution in [0.15, 0.2) is 132 Å². The number of alkyl halides is 1. The summed E-state index contributed by atoms with van der Waals surface area (Å²) in [7, 11) is 0. The van der Waals surface area contributed by atoms with E-state index in [1.54, 1.807) is 13.8 Å². The summed E-state index contributed by atoms with van der Waals surface area (Å²) >= 11 is 2.37. The molecule has 0 radical (unpaired) electrons. The Kier molecular flexibility index (Phi) is 10.5. The van der Waals surface area contributed by atoms with Gasteiger partial charge in [0.1, 0.15) is 11.5 Å². The van der Waals surface area contributed by atoms with Crippen LogP contribution in [0.2, 0.25) is 0 Å². The Morgan fingerprint density at radius 2 is 1.11 bits per heavy atom. The quantitative estimate of drug-likeness (QED) is 0.107. The third kappa shape index (κ3) is 9.65. The highest BCUT2D eigenvalue weighted by Crippen LogP contribution is 2.32. The van der Waals surface area contributed by atoms with Crippen molar-refractivity contribution >= 4 is 45.3 Å². The number of aryl methyl sites for hydroxylation is 2. The van der Waals surface area contributed by atoms with E-state index in [1.165, 1.54) is 33.0 Å². The summed E-state index contributed by atoms with van der Waals surface area (Å²) in [6.07, 6.45) is 19.8. The van der Waals surface area contributed by atoms with Gasteiger partial charge in [-0.2, -0.15) is 0 Å². The minimum Gasteiger partial charge on any atom is -0.424 e. The smallest absolute Gasteiger partial charge is 0.338 e. The summed E-state index contributed by atoms with van der Waals surface area (Å²) in [6.45, 7) is 17.0. The molecule has 0 aromatic heterocycles. The van der Waals surface area contributed by atoms with Crippen molar-refractivity contribution in [2.24, 2.45) is 5.41 Å². The van der Waals surface area contributed by atoms with Gasteiger partial charge in [-0.25, -0.2) is 9.59 Å². The van der Waals surface area contributed by atoms with Crippen molar-refractivity contribution in [3.63, 3.8) is 0 Å². The van der Waals surface area contributed by atoms with Crippen LogP contribution in [0.4, 0.5) is 0 Å². The van der Waals surface area contributed by atoms with Gasteiger partial charge >= 0.3 is 11.9 Å². The molecule has 4 nitrogen and oxygen atoms in total. The van der Waals surface area contributed by atoms with Gasteiger partial charge in [-0.1, -0.05) is 116 Å². The summed E-state index contributed by atoms with van der Waals surface area (Å²) in [6, 6.07) is 13.4. The maximum atomic E-state index is 12.0. The number of carbonyl (C=O) groups excluding carboxylic acids is 2. The lowest BCUT2D eigenvalue weighted by Gasteiger charge is -2.16. The summed E-state index contributed by atoms with van der Waals surface area (Å²) in [5, 5.41) is 2.46. The van der Waals surface area contributed by atoms with Crippen LogP contribution >= 0.6 is 22.6 Å². The van der Waals surface area contributed by atoms with E-state index in [1.807, 2.05) is 36.5 Å². The van der Waals surface area contributed by atoms with Crippen LogP contribution in [0.5, 0.6) is 0 Å². The van der Waals surface area contributed by atoms with E-state index in [2.05, 4.69) is 105 Å². The SMILES string of the molecule is C=C(C)C(=O)OC1=CC(C)(C)C=C(CCc2ccc3cc(CCC4=CC(C)(I)C=C(OC(=O)C(=C)C)C=C4)ccc3c2)C=C1. The molecule has 0 N–H and O–H groups in total. The number of benzene rings is 2. The van der Waals surface area contributed by atoms with E-state index in [-0.39, 0.29) is 8.84 Å². The van der Waals surface area contributed by atoms with Crippen LogP contribution in [0.25, 0.3) is 10.8 Å². The van der Waals surface area contributed by atoms with E-state index in [0.717, 1.165) is 25.7 Å². The third-order valence-electron chi connectivity index (χ3n) is 7.38. The van der Waals surface area contributed by atoms with Crippen molar-refractivity contribution in [3.8, 4) is 0 Å². The number of rotatable bonds is 10. The summed E-state index contributed by atoms with van der Waals surface area (Å²) < 4.78 is 10.7. The Morgan fingerprint density at radius 1 is 0.659 bits per heavy atom. The molecule has 2 aliphatic rings. The highest BCUT2D eigenvalue weighted by atomic mass is 127. The van der Waals surface area contributed by atoms with Crippen LogP contribution in [-0.2, 0) is 31.9 Å². The van der Waals surface area contributed by atoms with E-state index in [0.29, 0.717) is 22.7 Å². The van der Waals surface area contributed by atoms with Gasteiger partial charge in [0.15, 0.2) is 0 Å². The molecule has 0 aliphatic heterocycles. The largest absolute Gasteiger partial charge is 0.424 e. The molecule has 1 unspecified atom stereocenters. The van der Waals surface area contributed by atoms with Gasteiger partial charge in [0.05, 0.1) is 3.42 Å². The first-order valence-corrected chi connectivity index (χ1v) is 16.0. The molecule has 228 valence electrons. The highest BCUT2D eigenvalue weighted by molar-refractivity contribution is 14.1. The normalized spacial score (nSPS) is 19.1. The zero-order valence-corrected chi connectivity index (χ0v) is 28.5. The second kappa shape index (κ2) is 13.9. The fourth-order valence-electron chi connectivity index (χ4n) is 5.20. The lowest BCUT2D eigenvalue weighted by atomic mass is 9.89. The van der Waals surface area contributed by atoms with Crippen molar-refractivity contribution in [3.05, 3.63) is 143 Å². The fraction of sp³-hybridized carbons (Fsp3) is 0.282. The number of fused-ring (bicyclic) bond motifs is 1.